The zero-order chi connectivity index (χ0) is 21.2. The van der Waals surface area contributed by atoms with Crippen LogP contribution in [0.15, 0.2) is 64.2 Å². The molecule has 0 N–H and O–H groups in total. The maximum atomic E-state index is 13.1. The van der Waals surface area contributed by atoms with Gasteiger partial charge in [0, 0.05) is 25.4 Å². The molecule has 0 saturated carbocycles. The monoisotopic (exact) mass is 399 g/mol. The van der Waals surface area contributed by atoms with Crippen LogP contribution in [-0.4, -0.2) is 23.1 Å². The van der Waals surface area contributed by atoms with E-state index >= 15 is 0 Å². The number of rotatable bonds is 2. The van der Waals surface area contributed by atoms with Gasteiger partial charge in [-0.3, -0.25) is 22.9 Å². The molecular weight excluding hydrogens is 378 g/mol. The summed E-state index contributed by atoms with van der Waals surface area (Å²) in [6.07, 6.45) is 0. The van der Waals surface area contributed by atoms with Crippen molar-refractivity contribution in [1.29, 1.82) is 0 Å². The average molecular weight is 399 g/mol. The van der Waals surface area contributed by atoms with E-state index in [2.05, 4.69) is 4.57 Å². The summed E-state index contributed by atoms with van der Waals surface area (Å²) >= 11 is 0. The van der Waals surface area contributed by atoms with Gasteiger partial charge in [-0.15, -0.1) is 0 Å². The summed E-state index contributed by atoms with van der Waals surface area (Å²) in [7, 11) is 3.14. The highest BCUT2D eigenvalue weighted by Gasteiger charge is 2.25. The van der Waals surface area contributed by atoms with E-state index in [1.54, 1.807) is 7.05 Å². The van der Waals surface area contributed by atoms with Crippen LogP contribution in [-0.2, 0) is 14.1 Å². The van der Waals surface area contributed by atoms with Crippen LogP contribution >= 0.6 is 0 Å². The van der Waals surface area contributed by atoms with Crippen molar-refractivity contribution in [3.63, 3.8) is 0 Å². The summed E-state index contributed by atoms with van der Waals surface area (Å²) in [5, 5.41) is 0. The third-order valence-electron chi connectivity index (χ3n) is 5.75. The minimum Gasteiger partial charge on any atom is -0.279 e. The maximum absolute atomic E-state index is 13.1. The zero-order valence-corrected chi connectivity index (χ0v) is 17.2. The minimum atomic E-state index is -0.392. The average Bonchev–Trinajstić information content (AvgIpc) is 3.27. The summed E-state index contributed by atoms with van der Waals surface area (Å²) in [6.45, 7) is 4.03. The summed E-state index contributed by atoms with van der Waals surface area (Å²) in [5.74, 6) is 0.606. The van der Waals surface area contributed by atoms with Crippen molar-refractivity contribution in [3.8, 4) is 16.9 Å². The van der Waals surface area contributed by atoms with E-state index in [-0.39, 0.29) is 5.56 Å². The molecule has 0 fully saturated rings. The van der Waals surface area contributed by atoms with E-state index in [1.165, 1.54) is 11.6 Å². The second-order valence-electron chi connectivity index (χ2n) is 7.55. The lowest BCUT2D eigenvalue weighted by atomic mass is 10.1. The Bertz CT molecular complexity index is 1570. The molecule has 150 valence electrons. The standard InChI is InChI=1S/C23H21N5O2/c1-14-10-8-9-13-17(14)28-18(16-11-6-5-7-12-16)15(2)27-19-20(24-22(27)28)25(3)23(30)26(4)21(19)29/h5-13H,1-4H3. The lowest BCUT2D eigenvalue weighted by Crippen LogP contribution is -2.37. The number of hydrogen-bond donors (Lipinski definition) is 0. The topological polar surface area (TPSA) is 66.2 Å². The highest BCUT2D eigenvalue weighted by molar-refractivity contribution is 5.81. The Hall–Kier alpha value is -3.87. The molecule has 5 rings (SSSR count). The van der Waals surface area contributed by atoms with Crippen LogP contribution in [0, 0.1) is 13.8 Å². The second kappa shape index (κ2) is 6.32. The fourth-order valence-electron chi connectivity index (χ4n) is 4.20. The largest absolute Gasteiger partial charge is 0.332 e. The third kappa shape index (κ3) is 2.29. The number of fused-ring (bicyclic) bond motifs is 3. The molecular formula is C23H21N5O2. The summed E-state index contributed by atoms with van der Waals surface area (Å²) in [6, 6.07) is 18.1. The molecule has 0 spiro atoms. The van der Waals surface area contributed by atoms with Crippen molar-refractivity contribution >= 4 is 16.9 Å². The predicted molar refractivity (Wildman–Crippen MR) is 117 cm³/mol. The maximum Gasteiger partial charge on any atom is 0.332 e. The first-order valence-corrected chi connectivity index (χ1v) is 9.72. The van der Waals surface area contributed by atoms with Gasteiger partial charge in [0.2, 0.25) is 5.78 Å². The lowest BCUT2D eigenvalue weighted by molar-refractivity contribution is 0.707. The molecule has 0 bridgehead atoms. The zero-order valence-electron chi connectivity index (χ0n) is 17.2. The third-order valence-corrected chi connectivity index (χ3v) is 5.75. The van der Waals surface area contributed by atoms with Crippen molar-refractivity contribution in [1.82, 2.24) is 23.1 Å². The number of hydrogen-bond acceptors (Lipinski definition) is 3. The lowest BCUT2D eigenvalue weighted by Gasteiger charge is -2.12. The predicted octanol–water partition coefficient (Wildman–Crippen LogP) is 2.96. The Morgan fingerprint density at radius 1 is 0.833 bits per heavy atom. The first-order chi connectivity index (χ1) is 14.4. The van der Waals surface area contributed by atoms with Gasteiger partial charge in [-0.2, -0.15) is 4.98 Å². The van der Waals surface area contributed by atoms with Crippen LogP contribution in [0.5, 0.6) is 0 Å². The van der Waals surface area contributed by atoms with Gasteiger partial charge < -0.3 is 0 Å². The van der Waals surface area contributed by atoms with Crippen molar-refractivity contribution in [2.75, 3.05) is 0 Å². The molecule has 5 aromatic rings. The van der Waals surface area contributed by atoms with Crippen LogP contribution in [0.25, 0.3) is 33.9 Å². The number of aryl methyl sites for hydroxylation is 3. The molecule has 7 nitrogen and oxygen atoms in total. The quantitative estimate of drug-likeness (QED) is 0.458. The van der Waals surface area contributed by atoms with Gasteiger partial charge in [-0.1, -0.05) is 48.5 Å². The molecule has 0 atom stereocenters. The van der Waals surface area contributed by atoms with Gasteiger partial charge >= 0.3 is 5.69 Å². The van der Waals surface area contributed by atoms with E-state index in [0.717, 1.165) is 32.8 Å². The van der Waals surface area contributed by atoms with Gasteiger partial charge in [0.15, 0.2) is 11.2 Å². The van der Waals surface area contributed by atoms with Gasteiger partial charge in [-0.25, -0.2) is 4.79 Å². The van der Waals surface area contributed by atoms with Crippen molar-refractivity contribution in [2.45, 2.75) is 13.8 Å². The number of nitrogens with zero attached hydrogens (tertiary/aromatic N) is 5. The normalized spacial score (nSPS) is 11.6. The van der Waals surface area contributed by atoms with Crippen LogP contribution in [0.4, 0.5) is 0 Å². The molecule has 0 aliphatic carbocycles. The van der Waals surface area contributed by atoms with E-state index in [1.807, 2.05) is 72.8 Å². The molecule has 3 aromatic heterocycles. The van der Waals surface area contributed by atoms with Gasteiger partial charge in [0.05, 0.1) is 11.4 Å². The summed E-state index contributed by atoms with van der Waals surface area (Å²) in [4.78, 5) is 30.3. The fraction of sp³-hybridized carbons (Fsp3) is 0.174. The molecule has 0 aliphatic rings. The molecule has 30 heavy (non-hydrogen) atoms. The van der Waals surface area contributed by atoms with Crippen LogP contribution in [0.3, 0.4) is 0 Å². The number of benzene rings is 2. The Balaban J connectivity index is 2.07. The molecule has 0 amide bonds. The Morgan fingerprint density at radius 2 is 1.50 bits per heavy atom. The van der Waals surface area contributed by atoms with Crippen molar-refractivity contribution in [2.24, 2.45) is 14.1 Å². The fourth-order valence-corrected chi connectivity index (χ4v) is 4.20. The second-order valence-corrected chi connectivity index (χ2v) is 7.55. The van der Waals surface area contributed by atoms with Crippen molar-refractivity contribution < 1.29 is 0 Å². The SMILES string of the molecule is Cc1ccccc1-n1c(-c2ccccc2)c(C)n2c3c(=O)n(C)c(=O)n(C)c3nc12. The molecule has 0 radical (unpaired) electrons. The Kier molecular flexibility index (Phi) is 3.83. The van der Waals surface area contributed by atoms with Gasteiger partial charge in [0.1, 0.15) is 0 Å². The summed E-state index contributed by atoms with van der Waals surface area (Å²) < 4.78 is 6.49. The smallest absolute Gasteiger partial charge is 0.279 e. The number of aromatic nitrogens is 5. The van der Waals surface area contributed by atoms with Crippen LogP contribution in [0.2, 0.25) is 0 Å². The highest BCUT2D eigenvalue weighted by Crippen LogP contribution is 2.33. The molecule has 0 saturated heterocycles. The highest BCUT2D eigenvalue weighted by atomic mass is 16.2. The van der Waals surface area contributed by atoms with Crippen molar-refractivity contribution in [3.05, 3.63) is 86.7 Å². The van der Waals surface area contributed by atoms with E-state index in [0.29, 0.717) is 16.9 Å². The summed E-state index contributed by atoms with van der Waals surface area (Å²) in [5.41, 5.74) is 4.97. The molecule has 7 heteroatoms. The molecule has 3 heterocycles. The van der Waals surface area contributed by atoms with E-state index in [4.69, 9.17) is 4.98 Å². The van der Waals surface area contributed by atoms with E-state index < -0.39 is 5.69 Å². The Labute approximate surface area is 172 Å². The van der Waals surface area contributed by atoms with E-state index in [9.17, 15) is 9.59 Å². The number of para-hydroxylation sites is 1. The Morgan fingerprint density at radius 3 is 2.20 bits per heavy atom. The molecule has 0 unspecified atom stereocenters. The molecule has 2 aromatic carbocycles. The first-order valence-electron chi connectivity index (χ1n) is 9.72. The van der Waals surface area contributed by atoms with Gasteiger partial charge in [-0.05, 0) is 25.5 Å². The number of imidazole rings is 2. The first kappa shape index (κ1) is 18.2. The van der Waals surface area contributed by atoms with Crippen LogP contribution < -0.4 is 11.2 Å². The van der Waals surface area contributed by atoms with Crippen LogP contribution in [0.1, 0.15) is 11.3 Å². The molecule has 0 aliphatic heterocycles. The minimum absolute atomic E-state index is 0.356. The van der Waals surface area contributed by atoms with Gasteiger partial charge in [0.25, 0.3) is 5.56 Å².